The Morgan fingerprint density at radius 1 is 0.875 bits per heavy atom. The van der Waals surface area contributed by atoms with Crippen molar-refractivity contribution in [2.45, 2.75) is 6.61 Å². The Morgan fingerprint density at radius 3 is 2.33 bits per heavy atom. The van der Waals surface area contributed by atoms with E-state index >= 15 is 0 Å². The van der Waals surface area contributed by atoms with E-state index in [1.54, 1.807) is 36.6 Å². The van der Waals surface area contributed by atoms with Crippen LogP contribution in [0.25, 0.3) is 17.3 Å². The normalized spacial score (nSPS) is 12.8. The molecule has 0 saturated carbocycles. The molecule has 4 aromatic carbocycles. The number of nitrogens with one attached hydrogen (secondary N) is 1. The van der Waals surface area contributed by atoms with E-state index in [4.69, 9.17) is 21.7 Å². The van der Waals surface area contributed by atoms with Crippen molar-refractivity contribution in [3.8, 4) is 28.8 Å². The molecule has 0 amide bonds. The number of hydrogen-bond acceptors (Lipinski definition) is 6. The van der Waals surface area contributed by atoms with Crippen molar-refractivity contribution >= 4 is 35.8 Å². The van der Waals surface area contributed by atoms with Crippen molar-refractivity contribution in [2.24, 2.45) is 4.99 Å². The van der Waals surface area contributed by atoms with Gasteiger partial charge in [-0.1, -0.05) is 54.6 Å². The van der Waals surface area contributed by atoms with Crippen LogP contribution < -0.4 is 15.0 Å². The fourth-order valence-electron chi connectivity index (χ4n) is 4.44. The molecule has 0 bridgehead atoms. The van der Waals surface area contributed by atoms with Crippen molar-refractivity contribution in [1.29, 1.82) is 0 Å². The van der Waals surface area contributed by atoms with Gasteiger partial charge in [-0.3, -0.25) is 19.3 Å². The maximum atomic E-state index is 13.0. The summed E-state index contributed by atoms with van der Waals surface area (Å²) >= 11 is 5.40. The molecule has 2 N–H and O–H groups in total. The molecule has 196 valence electrons. The molecular weight excluding hydrogens is 522 g/mol. The lowest BCUT2D eigenvalue weighted by Crippen LogP contribution is -2.16. The van der Waals surface area contributed by atoms with Crippen molar-refractivity contribution in [1.82, 2.24) is 9.55 Å². The van der Waals surface area contributed by atoms with Gasteiger partial charge in [-0.05, 0) is 72.4 Å². The lowest BCUT2D eigenvalue weighted by molar-refractivity contribution is 0.305. The third-order valence-corrected chi connectivity index (χ3v) is 6.65. The van der Waals surface area contributed by atoms with Crippen LogP contribution >= 0.6 is 12.2 Å². The van der Waals surface area contributed by atoms with Gasteiger partial charge < -0.3 is 14.6 Å². The molecule has 2 heterocycles. The third kappa shape index (κ3) is 5.08. The number of hydrogen-bond donors (Lipinski definition) is 2. The highest BCUT2D eigenvalue weighted by Crippen LogP contribution is 2.40. The SMILES string of the molecule is O=c1[nH]c(=S)n(-c2ccc(Oc3ccccc3)cc2)c(O)c1C=C1C=Nc2cccc(OCc3ccccc3)c21. The van der Waals surface area contributed by atoms with E-state index in [0.29, 0.717) is 35.1 Å². The number of aromatic nitrogens is 2. The summed E-state index contributed by atoms with van der Waals surface area (Å²) in [7, 11) is 0. The Hall–Kier alpha value is -5.21. The summed E-state index contributed by atoms with van der Waals surface area (Å²) in [5.74, 6) is 1.66. The summed E-state index contributed by atoms with van der Waals surface area (Å²) in [5, 5.41) is 11.3. The van der Waals surface area contributed by atoms with Gasteiger partial charge in [0.25, 0.3) is 5.56 Å². The van der Waals surface area contributed by atoms with Crippen LogP contribution in [0.4, 0.5) is 5.69 Å². The predicted octanol–water partition coefficient (Wildman–Crippen LogP) is 7.23. The second-order valence-corrected chi connectivity index (χ2v) is 9.41. The molecule has 1 aliphatic rings. The number of ether oxygens (including phenoxy) is 2. The first kappa shape index (κ1) is 25.1. The van der Waals surface area contributed by atoms with Gasteiger partial charge in [0.05, 0.1) is 16.9 Å². The minimum atomic E-state index is -0.514. The van der Waals surface area contributed by atoms with Crippen LogP contribution in [0.15, 0.2) is 113 Å². The summed E-state index contributed by atoms with van der Waals surface area (Å²) < 4.78 is 13.5. The largest absolute Gasteiger partial charge is 0.494 e. The van der Waals surface area contributed by atoms with E-state index in [1.165, 1.54) is 4.57 Å². The number of benzene rings is 4. The fraction of sp³-hybridized carbons (Fsp3) is 0.0312. The fourth-order valence-corrected chi connectivity index (χ4v) is 4.72. The number of aromatic amines is 1. The number of aromatic hydroxyl groups is 1. The van der Waals surface area contributed by atoms with Crippen LogP contribution in [0.3, 0.4) is 0 Å². The van der Waals surface area contributed by atoms with Crippen LogP contribution in [0.2, 0.25) is 0 Å². The Morgan fingerprint density at radius 2 is 1.57 bits per heavy atom. The zero-order valence-corrected chi connectivity index (χ0v) is 22.0. The zero-order valence-electron chi connectivity index (χ0n) is 21.2. The Balaban J connectivity index is 1.34. The van der Waals surface area contributed by atoms with Crippen LogP contribution in [-0.2, 0) is 6.61 Å². The molecule has 8 heteroatoms. The minimum Gasteiger partial charge on any atom is -0.494 e. The molecule has 1 aromatic heterocycles. The summed E-state index contributed by atoms with van der Waals surface area (Å²) in [6.45, 7) is 0.380. The number of H-pyrrole nitrogens is 1. The Kier molecular flexibility index (Phi) is 6.82. The van der Waals surface area contributed by atoms with Crippen molar-refractivity contribution < 1.29 is 14.6 Å². The van der Waals surface area contributed by atoms with E-state index in [1.807, 2.05) is 78.9 Å². The molecule has 1 aliphatic heterocycles. The Bertz CT molecular complexity index is 1860. The highest BCUT2D eigenvalue weighted by molar-refractivity contribution is 7.71. The topological polar surface area (TPSA) is 88.8 Å². The molecule has 5 aromatic rings. The smallest absolute Gasteiger partial charge is 0.262 e. The van der Waals surface area contributed by atoms with E-state index in [0.717, 1.165) is 16.8 Å². The predicted molar refractivity (Wildman–Crippen MR) is 159 cm³/mol. The van der Waals surface area contributed by atoms with E-state index in [-0.39, 0.29) is 16.2 Å². The molecule has 40 heavy (non-hydrogen) atoms. The number of allylic oxidation sites excluding steroid dienone is 1. The molecule has 0 aliphatic carbocycles. The number of aliphatic imine (C=N–C) groups is 1. The molecule has 0 spiro atoms. The second-order valence-electron chi connectivity index (χ2n) is 9.02. The number of fused-ring (bicyclic) bond motifs is 1. The van der Waals surface area contributed by atoms with Crippen LogP contribution in [0.5, 0.6) is 23.1 Å². The molecule has 7 nitrogen and oxygen atoms in total. The number of nitrogens with zero attached hydrogens (tertiary/aromatic N) is 2. The van der Waals surface area contributed by atoms with Crippen molar-refractivity contribution in [3.63, 3.8) is 0 Å². The van der Waals surface area contributed by atoms with E-state index < -0.39 is 5.56 Å². The van der Waals surface area contributed by atoms with Gasteiger partial charge in [0.2, 0.25) is 5.88 Å². The molecular formula is C32H23N3O4S. The van der Waals surface area contributed by atoms with Gasteiger partial charge in [-0.15, -0.1) is 0 Å². The number of para-hydroxylation sites is 1. The molecule has 0 atom stereocenters. The van der Waals surface area contributed by atoms with Gasteiger partial charge >= 0.3 is 0 Å². The van der Waals surface area contributed by atoms with Crippen LogP contribution in [0.1, 0.15) is 16.7 Å². The summed E-state index contributed by atoms with van der Waals surface area (Å²) in [4.78, 5) is 20.1. The quantitative estimate of drug-likeness (QED) is 0.211. The van der Waals surface area contributed by atoms with Gasteiger partial charge in [-0.2, -0.15) is 0 Å². The number of rotatable bonds is 7. The maximum absolute atomic E-state index is 13.0. The summed E-state index contributed by atoms with van der Waals surface area (Å²) in [5.41, 5.74) is 3.22. The first-order chi connectivity index (χ1) is 19.6. The van der Waals surface area contributed by atoms with Crippen molar-refractivity contribution in [3.05, 3.63) is 135 Å². The molecule has 0 radical (unpaired) electrons. The zero-order chi connectivity index (χ0) is 27.5. The van der Waals surface area contributed by atoms with E-state index in [2.05, 4.69) is 9.98 Å². The highest BCUT2D eigenvalue weighted by atomic mass is 32.1. The minimum absolute atomic E-state index is 0.0466. The molecule has 0 fully saturated rings. The van der Waals surface area contributed by atoms with Crippen LogP contribution in [0, 0.1) is 4.77 Å². The van der Waals surface area contributed by atoms with Gasteiger partial charge in [0, 0.05) is 11.8 Å². The standard InChI is InChI=1S/C32H23N3O4S/c36-30-26(18-22-19-33-27-12-7-13-28(29(22)27)38-20-21-8-3-1-4-9-21)31(37)35(32(40)34-30)23-14-16-25(17-15-23)39-24-10-5-2-6-11-24/h1-19,37H,20H2,(H,34,36,40). The summed E-state index contributed by atoms with van der Waals surface area (Å²) in [6, 6.07) is 31.9. The second kappa shape index (κ2) is 10.9. The lowest BCUT2D eigenvalue weighted by Gasteiger charge is -2.14. The van der Waals surface area contributed by atoms with Gasteiger partial charge in [-0.25, -0.2) is 0 Å². The van der Waals surface area contributed by atoms with Crippen LogP contribution in [-0.4, -0.2) is 20.9 Å². The Labute approximate surface area is 235 Å². The average molecular weight is 546 g/mol. The van der Waals surface area contributed by atoms with Crippen molar-refractivity contribution in [2.75, 3.05) is 0 Å². The maximum Gasteiger partial charge on any atom is 0.262 e. The third-order valence-electron chi connectivity index (χ3n) is 6.37. The van der Waals surface area contributed by atoms with Gasteiger partial charge in [0.1, 0.15) is 29.4 Å². The average Bonchev–Trinajstić information content (AvgIpc) is 3.39. The van der Waals surface area contributed by atoms with E-state index in [9.17, 15) is 9.90 Å². The van der Waals surface area contributed by atoms with Gasteiger partial charge in [0.15, 0.2) is 4.77 Å². The molecule has 6 rings (SSSR count). The first-order valence-corrected chi connectivity index (χ1v) is 13.0. The lowest BCUT2D eigenvalue weighted by atomic mass is 10.0. The molecule has 0 saturated heterocycles. The highest BCUT2D eigenvalue weighted by Gasteiger charge is 2.20. The monoisotopic (exact) mass is 545 g/mol. The first-order valence-electron chi connectivity index (χ1n) is 12.5. The molecule has 0 unspecified atom stereocenters. The summed E-state index contributed by atoms with van der Waals surface area (Å²) in [6.07, 6.45) is 3.25.